The van der Waals surface area contributed by atoms with Crippen LogP contribution in [0, 0.1) is 6.92 Å². The van der Waals surface area contributed by atoms with Crippen LogP contribution in [0.2, 0.25) is 0 Å². The SMILES string of the molecule is Cc1cc(CN2CCC[C@@](C)(F)C2)n(C)n1. The summed E-state index contributed by atoms with van der Waals surface area (Å²) < 4.78 is 15.8. The van der Waals surface area contributed by atoms with Gasteiger partial charge in [0.1, 0.15) is 5.67 Å². The number of likely N-dealkylation sites (tertiary alicyclic amines) is 1. The molecule has 4 heteroatoms. The molecule has 0 saturated carbocycles. The molecule has 0 unspecified atom stereocenters. The summed E-state index contributed by atoms with van der Waals surface area (Å²) >= 11 is 0. The molecule has 90 valence electrons. The lowest BCUT2D eigenvalue weighted by Crippen LogP contribution is -2.43. The van der Waals surface area contributed by atoms with Crippen molar-refractivity contribution in [2.45, 2.75) is 38.9 Å². The second kappa shape index (κ2) is 4.17. The molecule has 3 nitrogen and oxygen atoms in total. The largest absolute Gasteiger partial charge is 0.294 e. The van der Waals surface area contributed by atoms with Gasteiger partial charge in [0, 0.05) is 20.1 Å². The van der Waals surface area contributed by atoms with E-state index >= 15 is 0 Å². The van der Waals surface area contributed by atoms with Crippen molar-refractivity contribution in [1.29, 1.82) is 0 Å². The minimum absolute atomic E-state index is 0.539. The standard InChI is InChI=1S/C12H20FN3/c1-10-7-11(15(3)14-10)8-16-6-4-5-12(2,13)9-16/h7H,4-6,8-9H2,1-3H3/t12-/m1/s1. The highest BCUT2D eigenvalue weighted by molar-refractivity contribution is 5.08. The summed E-state index contributed by atoms with van der Waals surface area (Å²) in [6.45, 7) is 6.02. The molecule has 2 heterocycles. The minimum Gasteiger partial charge on any atom is -0.294 e. The lowest BCUT2D eigenvalue weighted by atomic mass is 9.97. The van der Waals surface area contributed by atoms with Gasteiger partial charge in [-0.15, -0.1) is 0 Å². The lowest BCUT2D eigenvalue weighted by Gasteiger charge is -2.34. The monoisotopic (exact) mass is 225 g/mol. The van der Waals surface area contributed by atoms with Gasteiger partial charge in [0.05, 0.1) is 11.4 Å². The first-order valence-electron chi connectivity index (χ1n) is 5.87. The van der Waals surface area contributed by atoms with Gasteiger partial charge in [-0.3, -0.25) is 9.58 Å². The second-order valence-electron chi connectivity index (χ2n) is 5.13. The summed E-state index contributed by atoms with van der Waals surface area (Å²) in [6.07, 6.45) is 1.64. The van der Waals surface area contributed by atoms with E-state index in [-0.39, 0.29) is 0 Å². The van der Waals surface area contributed by atoms with E-state index in [2.05, 4.69) is 16.1 Å². The zero-order chi connectivity index (χ0) is 11.8. The Hall–Kier alpha value is -0.900. The van der Waals surface area contributed by atoms with Crippen molar-refractivity contribution in [2.24, 2.45) is 7.05 Å². The number of nitrogens with zero attached hydrogens (tertiary/aromatic N) is 3. The lowest BCUT2D eigenvalue weighted by molar-refractivity contribution is 0.0550. The number of hydrogen-bond acceptors (Lipinski definition) is 2. The second-order valence-corrected chi connectivity index (χ2v) is 5.13. The molecule has 0 spiro atoms. The summed E-state index contributed by atoms with van der Waals surface area (Å²) in [5.41, 5.74) is 1.17. The number of aryl methyl sites for hydroxylation is 2. The van der Waals surface area contributed by atoms with Crippen molar-refractivity contribution >= 4 is 0 Å². The number of rotatable bonds is 2. The third-order valence-electron chi connectivity index (χ3n) is 3.21. The van der Waals surface area contributed by atoms with Crippen molar-refractivity contribution in [2.75, 3.05) is 13.1 Å². The number of halogens is 1. The molecule has 1 fully saturated rings. The van der Waals surface area contributed by atoms with Crippen molar-refractivity contribution in [3.05, 3.63) is 17.5 Å². The first-order chi connectivity index (χ1) is 7.46. The Morgan fingerprint density at radius 3 is 2.88 bits per heavy atom. The smallest absolute Gasteiger partial charge is 0.120 e. The Kier molecular flexibility index (Phi) is 3.02. The van der Waals surface area contributed by atoms with E-state index in [1.165, 1.54) is 0 Å². The Balaban J connectivity index is 2.02. The number of piperidine rings is 1. The molecule has 16 heavy (non-hydrogen) atoms. The molecule has 0 N–H and O–H groups in total. The maximum Gasteiger partial charge on any atom is 0.120 e. The fourth-order valence-corrected chi connectivity index (χ4v) is 2.47. The predicted molar refractivity (Wildman–Crippen MR) is 62.0 cm³/mol. The van der Waals surface area contributed by atoms with Crippen LogP contribution in [0.5, 0.6) is 0 Å². The van der Waals surface area contributed by atoms with Gasteiger partial charge in [-0.1, -0.05) is 0 Å². The van der Waals surface area contributed by atoms with Crippen LogP contribution in [-0.2, 0) is 13.6 Å². The molecule has 0 bridgehead atoms. The van der Waals surface area contributed by atoms with Gasteiger partial charge in [-0.25, -0.2) is 4.39 Å². The Bertz CT molecular complexity index is 370. The summed E-state index contributed by atoms with van der Waals surface area (Å²) in [5.74, 6) is 0. The molecule has 0 aliphatic carbocycles. The highest BCUT2D eigenvalue weighted by atomic mass is 19.1. The molecule has 1 aromatic heterocycles. The highest BCUT2D eigenvalue weighted by Gasteiger charge is 2.30. The first-order valence-corrected chi connectivity index (χ1v) is 5.87. The molecule has 1 atom stereocenters. The summed E-state index contributed by atoms with van der Waals surface area (Å²) in [6, 6.07) is 2.07. The number of alkyl halides is 1. The van der Waals surface area contributed by atoms with E-state index in [0.29, 0.717) is 13.0 Å². The Morgan fingerprint density at radius 2 is 2.31 bits per heavy atom. The van der Waals surface area contributed by atoms with E-state index in [1.807, 2.05) is 18.7 Å². The average Bonchev–Trinajstić information content (AvgIpc) is 2.43. The van der Waals surface area contributed by atoms with Gasteiger partial charge in [-0.2, -0.15) is 5.10 Å². The summed E-state index contributed by atoms with van der Waals surface area (Å²) in [4.78, 5) is 2.18. The topological polar surface area (TPSA) is 21.1 Å². The normalized spacial score (nSPS) is 27.2. The van der Waals surface area contributed by atoms with Gasteiger partial charge in [0.2, 0.25) is 0 Å². The van der Waals surface area contributed by atoms with Gasteiger partial charge < -0.3 is 0 Å². The van der Waals surface area contributed by atoms with Crippen LogP contribution in [0.25, 0.3) is 0 Å². The quantitative estimate of drug-likeness (QED) is 0.768. The van der Waals surface area contributed by atoms with Crippen LogP contribution in [0.15, 0.2) is 6.07 Å². The van der Waals surface area contributed by atoms with Crippen LogP contribution in [0.3, 0.4) is 0 Å². The molecule has 0 aromatic carbocycles. The minimum atomic E-state index is -1.02. The van der Waals surface area contributed by atoms with E-state index < -0.39 is 5.67 Å². The summed E-state index contributed by atoms with van der Waals surface area (Å²) in [5, 5.41) is 4.31. The molecule has 1 aromatic rings. The Morgan fingerprint density at radius 1 is 1.56 bits per heavy atom. The zero-order valence-electron chi connectivity index (χ0n) is 10.3. The van der Waals surface area contributed by atoms with Crippen molar-refractivity contribution in [3.63, 3.8) is 0 Å². The maximum absolute atomic E-state index is 13.9. The van der Waals surface area contributed by atoms with E-state index in [4.69, 9.17) is 0 Å². The highest BCUT2D eigenvalue weighted by Crippen LogP contribution is 2.25. The average molecular weight is 225 g/mol. The van der Waals surface area contributed by atoms with Crippen LogP contribution in [0.4, 0.5) is 4.39 Å². The maximum atomic E-state index is 13.9. The Labute approximate surface area is 96.2 Å². The predicted octanol–water partition coefficient (Wildman–Crippen LogP) is 2.05. The van der Waals surface area contributed by atoms with Gasteiger partial charge >= 0.3 is 0 Å². The van der Waals surface area contributed by atoms with E-state index in [1.54, 1.807) is 6.92 Å². The summed E-state index contributed by atoms with van der Waals surface area (Å²) in [7, 11) is 1.95. The first kappa shape index (κ1) is 11.6. The molecule has 1 aliphatic heterocycles. The van der Waals surface area contributed by atoms with Crippen LogP contribution in [-0.4, -0.2) is 33.4 Å². The van der Waals surface area contributed by atoms with Gasteiger partial charge in [0.15, 0.2) is 0 Å². The van der Waals surface area contributed by atoms with Crippen LogP contribution in [0.1, 0.15) is 31.2 Å². The number of hydrogen-bond donors (Lipinski definition) is 0. The van der Waals surface area contributed by atoms with Crippen molar-refractivity contribution in [3.8, 4) is 0 Å². The molecular formula is C12H20FN3. The molecular weight excluding hydrogens is 205 g/mol. The fourth-order valence-electron chi connectivity index (χ4n) is 2.47. The van der Waals surface area contributed by atoms with E-state index in [9.17, 15) is 4.39 Å². The molecule has 1 saturated heterocycles. The van der Waals surface area contributed by atoms with Crippen LogP contribution >= 0.6 is 0 Å². The zero-order valence-corrected chi connectivity index (χ0v) is 10.3. The fraction of sp³-hybridized carbons (Fsp3) is 0.750. The van der Waals surface area contributed by atoms with Gasteiger partial charge in [0.25, 0.3) is 0 Å². The third-order valence-corrected chi connectivity index (χ3v) is 3.21. The molecule has 0 amide bonds. The molecule has 2 rings (SSSR count). The third kappa shape index (κ3) is 2.61. The van der Waals surface area contributed by atoms with Crippen molar-refractivity contribution < 1.29 is 4.39 Å². The van der Waals surface area contributed by atoms with E-state index in [0.717, 1.165) is 30.9 Å². The molecule has 0 radical (unpaired) electrons. The van der Waals surface area contributed by atoms with Crippen molar-refractivity contribution in [1.82, 2.24) is 14.7 Å². The molecule has 1 aliphatic rings. The van der Waals surface area contributed by atoms with Gasteiger partial charge in [-0.05, 0) is 39.3 Å². The van der Waals surface area contributed by atoms with Crippen LogP contribution < -0.4 is 0 Å². The number of aromatic nitrogens is 2.